The van der Waals surface area contributed by atoms with Crippen LogP contribution in [0.25, 0.3) is 0 Å². The van der Waals surface area contributed by atoms with E-state index >= 15 is 0 Å². The Balaban J connectivity index is 1.91. The van der Waals surface area contributed by atoms with Gasteiger partial charge in [-0.2, -0.15) is 0 Å². The number of furan rings is 1. The van der Waals surface area contributed by atoms with Crippen LogP contribution in [0.2, 0.25) is 0 Å². The summed E-state index contributed by atoms with van der Waals surface area (Å²) in [5.41, 5.74) is 0.841. The average Bonchev–Trinajstić information content (AvgIpc) is 2.70. The molecule has 0 aromatic carbocycles. The Morgan fingerprint density at radius 3 is 2.76 bits per heavy atom. The molecule has 0 unspecified atom stereocenters. The summed E-state index contributed by atoms with van der Waals surface area (Å²) < 4.78 is 10.9. The van der Waals surface area contributed by atoms with Gasteiger partial charge >= 0.3 is 5.97 Å². The SMILES string of the molecule is Cc1oc(C(=O)O)cc1COC1CCCCC1. The third kappa shape index (κ3) is 3.09. The predicted octanol–water partition coefficient (Wildman–Crippen LogP) is 3.14. The van der Waals surface area contributed by atoms with Gasteiger partial charge in [0.25, 0.3) is 0 Å². The van der Waals surface area contributed by atoms with E-state index in [1.807, 2.05) is 0 Å². The molecular weight excluding hydrogens is 220 g/mol. The summed E-state index contributed by atoms with van der Waals surface area (Å²) in [5, 5.41) is 8.80. The molecule has 4 heteroatoms. The van der Waals surface area contributed by atoms with Crippen molar-refractivity contribution < 1.29 is 19.1 Å². The van der Waals surface area contributed by atoms with Gasteiger partial charge in [0.05, 0.1) is 12.7 Å². The second-order valence-corrected chi connectivity index (χ2v) is 4.57. The smallest absolute Gasteiger partial charge is 0.371 e. The van der Waals surface area contributed by atoms with Crippen LogP contribution in [0.5, 0.6) is 0 Å². The molecule has 0 saturated heterocycles. The van der Waals surface area contributed by atoms with Crippen LogP contribution >= 0.6 is 0 Å². The maximum atomic E-state index is 10.7. The lowest BCUT2D eigenvalue weighted by Crippen LogP contribution is -2.16. The Hall–Kier alpha value is -1.29. The third-order valence-corrected chi connectivity index (χ3v) is 3.26. The molecule has 1 aliphatic rings. The van der Waals surface area contributed by atoms with Gasteiger partial charge in [0.2, 0.25) is 5.76 Å². The van der Waals surface area contributed by atoms with E-state index in [1.165, 1.54) is 19.3 Å². The number of rotatable bonds is 4. The van der Waals surface area contributed by atoms with Gasteiger partial charge in [0.15, 0.2) is 0 Å². The van der Waals surface area contributed by atoms with Crippen LogP contribution in [0.15, 0.2) is 10.5 Å². The molecule has 1 aromatic heterocycles. The van der Waals surface area contributed by atoms with Crippen molar-refractivity contribution in [3.8, 4) is 0 Å². The van der Waals surface area contributed by atoms with Gasteiger partial charge in [-0.1, -0.05) is 19.3 Å². The highest BCUT2D eigenvalue weighted by atomic mass is 16.5. The largest absolute Gasteiger partial charge is 0.475 e. The van der Waals surface area contributed by atoms with Crippen molar-refractivity contribution in [3.05, 3.63) is 23.2 Å². The van der Waals surface area contributed by atoms with Crippen LogP contribution in [-0.2, 0) is 11.3 Å². The molecule has 0 radical (unpaired) electrons. The lowest BCUT2D eigenvalue weighted by molar-refractivity contribution is 0.0164. The molecule has 1 heterocycles. The van der Waals surface area contributed by atoms with Crippen molar-refractivity contribution in [1.29, 1.82) is 0 Å². The van der Waals surface area contributed by atoms with Gasteiger partial charge < -0.3 is 14.3 Å². The molecule has 0 spiro atoms. The second kappa shape index (κ2) is 5.36. The summed E-state index contributed by atoms with van der Waals surface area (Å²) in [6.45, 7) is 2.22. The fourth-order valence-electron chi connectivity index (χ4n) is 2.21. The van der Waals surface area contributed by atoms with Gasteiger partial charge in [-0.25, -0.2) is 4.79 Å². The molecule has 1 saturated carbocycles. The molecule has 0 amide bonds. The molecule has 1 N–H and O–H groups in total. The molecule has 0 aliphatic heterocycles. The topological polar surface area (TPSA) is 59.7 Å². The number of carboxylic acids is 1. The highest BCUT2D eigenvalue weighted by molar-refractivity contribution is 5.84. The zero-order valence-corrected chi connectivity index (χ0v) is 10.1. The van der Waals surface area contributed by atoms with Crippen LogP contribution < -0.4 is 0 Å². The van der Waals surface area contributed by atoms with E-state index in [9.17, 15) is 4.79 Å². The Bertz CT molecular complexity index is 388. The molecule has 1 aromatic rings. The first kappa shape index (κ1) is 12.2. The molecule has 4 nitrogen and oxygen atoms in total. The minimum atomic E-state index is -1.03. The average molecular weight is 238 g/mol. The first-order chi connectivity index (χ1) is 8.16. The van der Waals surface area contributed by atoms with Gasteiger partial charge in [-0.3, -0.25) is 0 Å². The van der Waals surface area contributed by atoms with Crippen molar-refractivity contribution in [2.75, 3.05) is 0 Å². The highest BCUT2D eigenvalue weighted by Gasteiger charge is 2.17. The zero-order chi connectivity index (χ0) is 12.3. The van der Waals surface area contributed by atoms with Crippen molar-refractivity contribution in [1.82, 2.24) is 0 Å². The summed E-state index contributed by atoms with van der Waals surface area (Å²) in [7, 11) is 0. The lowest BCUT2D eigenvalue weighted by atomic mass is 9.98. The Morgan fingerprint density at radius 2 is 2.18 bits per heavy atom. The molecule has 17 heavy (non-hydrogen) atoms. The fourth-order valence-corrected chi connectivity index (χ4v) is 2.21. The van der Waals surface area contributed by atoms with E-state index in [0.29, 0.717) is 18.5 Å². The molecular formula is C13H18O4. The first-order valence-electron chi connectivity index (χ1n) is 6.11. The maximum absolute atomic E-state index is 10.7. The number of ether oxygens (including phenoxy) is 1. The van der Waals surface area contributed by atoms with Crippen LogP contribution in [0.1, 0.15) is 54.0 Å². The lowest BCUT2D eigenvalue weighted by Gasteiger charge is -2.21. The van der Waals surface area contributed by atoms with Gasteiger partial charge in [-0.05, 0) is 25.8 Å². The molecule has 0 atom stereocenters. The third-order valence-electron chi connectivity index (χ3n) is 3.26. The predicted molar refractivity (Wildman–Crippen MR) is 62.1 cm³/mol. The van der Waals surface area contributed by atoms with Crippen molar-refractivity contribution in [2.24, 2.45) is 0 Å². The van der Waals surface area contributed by atoms with Crippen LogP contribution in [-0.4, -0.2) is 17.2 Å². The standard InChI is InChI=1S/C13H18O4/c1-9-10(7-12(17-9)13(14)15)8-16-11-5-3-2-4-6-11/h7,11H,2-6,8H2,1H3,(H,14,15). The van der Waals surface area contributed by atoms with Crippen molar-refractivity contribution in [2.45, 2.75) is 51.7 Å². The summed E-state index contributed by atoms with van der Waals surface area (Å²) in [6.07, 6.45) is 6.32. The van der Waals surface area contributed by atoms with E-state index in [4.69, 9.17) is 14.3 Å². The second-order valence-electron chi connectivity index (χ2n) is 4.57. The Labute approximate surface area is 101 Å². The summed E-state index contributed by atoms with van der Waals surface area (Å²) >= 11 is 0. The van der Waals surface area contributed by atoms with E-state index in [-0.39, 0.29) is 5.76 Å². The fraction of sp³-hybridized carbons (Fsp3) is 0.615. The highest BCUT2D eigenvalue weighted by Crippen LogP contribution is 2.23. The molecule has 1 aliphatic carbocycles. The van der Waals surface area contributed by atoms with Gasteiger partial charge in [-0.15, -0.1) is 0 Å². The quantitative estimate of drug-likeness (QED) is 0.875. The number of aryl methyl sites for hydroxylation is 1. The minimum Gasteiger partial charge on any atom is -0.475 e. The number of hydrogen-bond donors (Lipinski definition) is 1. The summed E-state index contributed by atoms with van der Waals surface area (Å²) in [6, 6.07) is 1.56. The zero-order valence-electron chi connectivity index (χ0n) is 10.1. The number of carbonyl (C=O) groups is 1. The summed E-state index contributed by atoms with van der Waals surface area (Å²) in [5.74, 6) is -0.403. The van der Waals surface area contributed by atoms with E-state index in [0.717, 1.165) is 18.4 Å². The molecule has 2 rings (SSSR count). The molecule has 0 bridgehead atoms. The Kier molecular flexibility index (Phi) is 3.84. The van der Waals surface area contributed by atoms with Crippen LogP contribution in [0.4, 0.5) is 0 Å². The van der Waals surface area contributed by atoms with E-state index in [1.54, 1.807) is 13.0 Å². The van der Waals surface area contributed by atoms with Crippen LogP contribution in [0, 0.1) is 6.92 Å². The Morgan fingerprint density at radius 1 is 1.47 bits per heavy atom. The normalized spacial score (nSPS) is 17.2. The number of carboxylic acid groups (broad SMARTS) is 1. The number of hydrogen-bond acceptors (Lipinski definition) is 3. The molecule has 1 fully saturated rings. The van der Waals surface area contributed by atoms with E-state index in [2.05, 4.69) is 0 Å². The first-order valence-corrected chi connectivity index (χ1v) is 6.11. The number of aromatic carboxylic acids is 1. The maximum Gasteiger partial charge on any atom is 0.371 e. The van der Waals surface area contributed by atoms with Gasteiger partial charge in [0, 0.05) is 5.56 Å². The van der Waals surface area contributed by atoms with Crippen molar-refractivity contribution >= 4 is 5.97 Å². The monoisotopic (exact) mass is 238 g/mol. The van der Waals surface area contributed by atoms with Crippen LogP contribution in [0.3, 0.4) is 0 Å². The van der Waals surface area contributed by atoms with Crippen molar-refractivity contribution in [3.63, 3.8) is 0 Å². The van der Waals surface area contributed by atoms with E-state index < -0.39 is 5.97 Å². The summed E-state index contributed by atoms with van der Waals surface area (Å²) in [4.78, 5) is 10.7. The molecule has 94 valence electrons. The minimum absolute atomic E-state index is 0.00950. The van der Waals surface area contributed by atoms with Gasteiger partial charge in [0.1, 0.15) is 5.76 Å².